The van der Waals surface area contributed by atoms with Gasteiger partial charge in [0.05, 0.1) is 5.25 Å². The van der Waals surface area contributed by atoms with E-state index in [2.05, 4.69) is 0 Å². The van der Waals surface area contributed by atoms with Crippen LogP contribution in [0.5, 0.6) is 0 Å². The van der Waals surface area contributed by atoms with E-state index in [0.29, 0.717) is 19.6 Å². The molecule has 2 N–H and O–H groups in total. The van der Waals surface area contributed by atoms with E-state index >= 15 is 0 Å². The second-order valence-electron chi connectivity index (χ2n) is 5.83. The number of piperazine rings is 1. The van der Waals surface area contributed by atoms with Crippen molar-refractivity contribution in [3.8, 4) is 0 Å². The topological polar surface area (TPSA) is 83.7 Å². The van der Waals surface area contributed by atoms with Crippen molar-refractivity contribution in [1.82, 2.24) is 9.21 Å². The lowest BCUT2D eigenvalue weighted by atomic mass is 10.1. The number of rotatable bonds is 5. The molecule has 1 aliphatic rings. The molecule has 0 aliphatic carbocycles. The largest absolute Gasteiger partial charge is 0.368 e. The Morgan fingerprint density at radius 1 is 1.27 bits per heavy atom. The molecule has 0 bridgehead atoms. The molecule has 1 heterocycles. The number of nitrogens with zero attached hydrogens (tertiary/aromatic N) is 2. The molecule has 1 atom stereocenters. The van der Waals surface area contributed by atoms with Gasteiger partial charge in [0.15, 0.2) is 0 Å². The molecule has 0 saturated carbocycles. The molecule has 1 unspecified atom stereocenters. The third-order valence-electron chi connectivity index (χ3n) is 3.97. The Labute approximate surface area is 131 Å². The summed E-state index contributed by atoms with van der Waals surface area (Å²) in [7, 11) is -3.36. The van der Waals surface area contributed by atoms with Crippen LogP contribution in [0.25, 0.3) is 0 Å². The van der Waals surface area contributed by atoms with Gasteiger partial charge in [-0.1, -0.05) is 30.3 Å². The Balaban J connectivity index is 2.14. The summed E-state index contributed by atoms with van der Waals surface area (Å²) < 4.78 is 25.9. The molecule has 0 aromatic heterocycles. The van der Waals surface area contributed by atoms with Crippen molar-refractivity contribution in [3.05, 3.63) is 35.9 Å². The fourth-order valence-electron chi connectivity index (χ4n) is 2.60. The molecule has 22 heavy (non-hydrogen) atoms. The zero-order valence-electron chi connectivity index (χ0n) is 13.0. The summed E-state index contributed by atoms with van der Waals surface area (Å²) in [6, 6.07) is 9.18. The molecule has 1 aromatic carbocycles. The van der Waals surface area contributed by atoms with Crippen molar-refractivity contribution in [1.29, 1.82) is 0 Å². The van der Waals surface area contributed by atoms with Gasteiger partial charge in [-0.25, -0.2) is 8.42 Å². The third kappa shape index (κ3) is 3.66. The predicted molar refractivity (Wildman–Crippen MR) is 85.5 cm³/mol. The van der Waals surface area contributed by atoms with Gasteiger partial charge in [-0.05, 0) is 19.4 Å². The number of sulfonamides is 1. The first-order chi connectivity index (χ1) is 10.3. The van der Waals surface area contributed by atoms with Gasteiger partial charge in [0.25, 0.3) is 0 Å². The van der Waals surface area contributed by atoms with Gasteiger partial charge in [-0.3, -0.25) is 9.69 Å². The van der Waals surface area contributed by atoms with Gasteiger partial charge in [-0.15, -0.1) is 0 Å². The van der Waals surface area contributed by atoms with E-state index in [9.17, 15) is 13.2 Å². The van der Waals surface area contributed by atoms with Crippen molar-refractivity contribution in [3.63, 3.8) is 0 Å². The highest BCUT2D eigenvalue weighted by Crippen LogP contribution is 2.18. The summed E-state index contributed by atoms with van der Waals surface area (Å²) in [6.45, 7) is 4.88. The Morgan fingerprint density at radius 3 is 2.45 bits per heavy atom. The summed E-state index contributed by atoms with van der Waals surface area (Å²) in [5.41, 5.74) is 6.57. The smallest absolute Gasteiger partial charge is 0.236 e. The summed E-state index contributed by atoms with van der Waals surface area (Å²) >= 11 is 0. The van der Waals surface area contributed by atoms with Crippen LogP contribution < -0.4 is 5.73 Å². The first-order valence-electron chi connectivity index (χ1n) is 7.38. The fraction of sp³-hybridized carbons (Fsp3) is 0.533. The molecule has 1 aromatic rings. The molecular weight excluding hydrogens is 302 g/mol. The lowest BCUT2D eigenvalue weighted by Gasteiger charge is -2.39. The van der Waals surface area contributed by atoms with E-state index in [1.807, 2.05) is 35.2 Å². The van der Waals surface area contributed by atoms with Gasteiger partial charge < -0.3 is 5.73 Å². The molecule has 7 heteroatoms. The van der Waals surface area contributed by atoms with Crippen molar-refractivity contribution in [2.24, 2.45) is 5.73 Å². The maximum absolute atomic E-state index is 12.3. The minimum atomic E-state index is -3.36. The van der Waals surface area contributed by atoms with Gasteiger partial charge >= 0.3 is 0 Å². The molecule has 1 fully saturated rings. The number of carbonyl (C=O) groups excluding carboxylic acids is 1. The van der Waals surface area contributed by atoms with Gasteiger partial charge in [0, 0.05) is 26.2 Å². The fourth-order valence-corrected chi connectivity index (χ4v) is 3.88. The molecular formula is C15H23N3O3S. The summed E-state index contributed by atoms with van der Waals surface area (Å²) in [5.74, 6) is -0.486. The standard InChI is InChI=1S/C15H23N3O3S/c1-12(2)22(20,21)18-9-8-17(14(11-18)15(16)19)10-13-6-4-3-5-7-13/h3-7,12,14H,8-11H2,1-2H3,(H2,16,19). The number of carbonyl (C=O) groups is 1. The average Bonchev–Trinajstić information content (AvgIpc) is 2.48. The van der Waals surface area contributed by atoms with Crippen LogP contribution in [0.15, 0.2) is 30.3 Å². The van der Waals surface area contributed by atoms with Crippen LogP contribution >= 0.6 is 0 Å². The van der Waals surface area contributed by atoms with Crippen molar-refractivity contribution >= 4 is 15.9 Å². The van der Waals surface area contributed by atoms with Crippen molar-refractivity contribution in [2.45, 2.75) is 31.7 Å². The second kappa shape index (κ2) is 6.76. The lowest BCUT2D eigenvalue weighted by molar-refractivity contribution is -0.124. The number of hydrogen-bond acceptors (Lipinski definition) is 4. The van der Waals surface area contributed by atoms with Crippen LogP contribution in [-0.4, -0.2) is 54.5 Å². The zero-order chi connectivity index (χ0) is 16.3. The maximum atomic E-state index is 12.3. The van der Waals surface area contributed by atoms with Crippen LogP contribution in [0.4, 0.5) is 0 Å². The van der Waals surface area contributed by atoms with Crippen LogP contribution in [0, 0.1) is 0 Å². The quantitative estimate of drug-likeness (QED) is 0.849. The highest BCUT2D eigenvalue weighted by molar-refractivity contribution is 7.89. The molecule has 0 radical (unpaired) electrons. The van der Waals surface area contributed by atoms with Crippen LogP contribution in [0.1, 0.15) is 19.4 Å². The van der Waals surface area contributed by atoms with Gasteiger partial charge in [0.2, 0.25) is 15.9 Å². The van der Waals surface area contributed by atoms with E-state index in [4.69, 9.17) is 5.73 Å². The van der Waals surface area contributed by atoms with E-state index in [0.717, 1.165) is 5.56 Å². The van der Waals surface area contributed by atoms with E-state index in [-0.39, 0.29) is 6.54 Å². The molecule has 6 nitrogen and oxygen atoms in total. The second-order valence-corrected chi connectivity index (χ2v) is 8.32. The molecule has 1 aliphatic heterocycles. The van der Waals surface area contributed by atoms with Crippen LogP contribution in [0.3, 0.4) is 0 Å². The SMILES string of the molecule is CC(C)S(=O)(=O)N1CCN(Cc2ccccc2)C(C(N)=O)C1. The Hall–Kier alpha value is -1.44. The Morgan fingerprint density at radius 2 is 1.91 bits per heavy atom. The molecule has 2 rings (SSSR count). The predicted octanol–water partition coefficient (Wildman–Crippen LogP) is 0.396. The highest BCUT2D eigenvalue weighted by atomic mass is 32.2. The Kier molecular flexibility index (Phi) is 5.20. The minimum Gasteiger partial charge on any atom is -0.368 e. The van der Waals surface area contributed by atoms with E-state index in [1.54, 1.807) is 13.8 Å². The average molecular weight is 325 g/mol. The van der Waals surface area contributed by atoms with Crippen LogP contribution in [-0.2, 0) is 21.4 Å². The molecule has 1 amide bonds. The number of hydrogen-bond donors (Lipinski definition) is 1. The number of amides is 1. The van der Waals surface area contributed by atoms with Crippen molar-refractivity contribution in [2.75, 3.05) is 19.6 Å². The van der Waals surface area contributed by atoms with Gasteiger partial charge in [0.1, 0.15) is 6.04 Å². The number of nitrogens with two attached hydrogens (primary N) is 1. The Bertz CT molecular complexity index is 616. The summed E-state index contributed by atoms with van der Waals surface area (Å²) in [4.78, 5) is 13.7. The number of benzene rings is 1. The third-order valence-corrected chi connectivity index (χ3v) is 6.21. The summed E-state index contributed by atoms with van der Waals surface area (Å²) in [5, 5.41) is -0.498. The number of primary amides is 1. The van der Waals surface area contributed by atoms with Crippen LogP contribution in [0.2, 0.25) is 0 Å². The lowest BCUT2D eigenvalue weighted by Crippen LogP contribution is -2.59. The monoisotopic (exact) mass is 325 g/mol. The first-order valence-corrected chi connectivity index (χ1v) is 8.89. The minimum absolute atomic E-state index is 0.128. The zero-order valence-corrected chi connectivity index (χ0v) is 13.8. The van der Waals surface area contributed by atoms with E-state index < -0.39 is 27.2 Å². The summed E-state index contributed by atoms with van der Waals surface area (Å²) in [6.07, 6.45) is 0. The normalized spacial score (nSPS) is 21.1. The molecule has 0 spiro atoms. The maximum Gasteiger partial charge on any atom is 0.236 e. The van der Waals surface area contributed by atoms with Crippen molar-refractivity contribution < 1.29 is 13.2 Å². The highest BCUT2D eigenvalue weighted by Gasteiger charge is 2.37. The molecule has 1 saturated heterocycles. The molecule has 122 valence electrons. The van der Waals surface area contributed by atoms with Gasteiger partial charge in [-0.2, -0.15) is 4.31 Å². The van der Waals surface area contributed by atoms with E-state index in [1.165, 1.54) is 4.31 Å². The first kappa shape index (κ1) is 16.9.